The summed E-state index contributed by atoms with van der Waals surface area (Å²) < 4.78 is 0. The van der Waals surface area contributed by atoms with Crippen LogP contribution in [0.15, 0.2) is 22.1 Å². The Morgan fingerprint density at radius 3 is 2.50 bits per heavy atom. The molecule has 0 saturated carbocycles. The molecule has 0 aliphatic rings. The summed E-state index contributed by atoms with van der Waals surface area (Å²) in [6.45, 7) is 3.19. The molecule has 0 saturated heterocycles. The van der Waals surface area contributed by atoms with E-state index in [2.05, 4.69) is 28.0 Å². The second-order valence-electron chi connectivity index (χ2n) is 1.28. The standard InChI is InChI=1S/C4H8N4/c1-4-5-6-7-8(2)3/h1H2,2-3H3/b7-6-. The van der Waals surface area contributed by atoms with Crippen LogP contribution in [0.25, 0.3) is 0 Å². The van der Waals surface area contributed by atoms with Gasteiger partial charge in [-0.15, -0.1) is 0 Å². The smallest absolute Gasteiger partial charge is 0.0262 e. The molecule has 0 rings (SSSR count). The summed E-state index contributed by atoms with van der Waals surface area (Å²) >= 11 is 0. The lowest BCUT2D eigenvalue weighted by atomic mass is 11.2. The predicted octanol–water partition coefficient (Wildman–Crippen LogP) is 0.686. The molecule has 0 N–H and O–H groups in total. The maximum atomic E-state index is 3.50. The van der Waals surface area contributed by atoms with Crippen molar-refractivity contribution < 1.29 is 0 Å². The molecule has 0 radical (unpaired) electrons. The zero-order valence-corrected chi connectivity index (χ0v) is 5.00. The second kappa shape index (κ2) is 4.02. The molecular weight excluding hydrogens is 104 g/mol. The maximum absolute atomic E-state index is 3.50. The van der Waals surface area contributed by atoms with Gasteiger partial charge >= 0.3 is 0 Å². The van der Waals surface area contributed by atoms with Gasteiger partial charge in [-0.2, -0.15) is 0 Å². The first-order valence-electron chi connectivity index (χ1n) is 2.07. The average Bonchev–Trinajstić information content (AvgIpc) is 1.66. The van der Waals surface area contributed by atoms with Crippen molar-refractivity contribution in [3.63, 3.8) is 0 Å². The molecule has 44 valence electrons. The Balaban J connectivity index is 3.49. The summed E-state index contributed by atoms with van der Waals surface area (Å²) in [4.78, 5) is 0. The molecule has 0 unspecified atom stereocenters. The van der Waals surface area contributed by atoms with Gasteiger partial charge in [0.25, 0.3) is 0 Å². The summed E-state index contributed by atoms with van der Waals surface area (Å²) in [7, 11) is 3.50. The zero-order valence-electron chi connectivity index (χ0n) is 5.00. The van der Waals surface area contributed by atoms with Crippen molar-refractivity contribution in [1.29, 1.82) is 0 Å². The van der Waals surface area contributed by atoms with Crippen LogP contribution in [0.3, 0.4) is 0 Å². The third kappa shape index (κ3) is 4.85. The molecule has 0 aliphatic heterocycles. The fourth-order valence-corrected chi connectivity index (χ4v) is 0.132. The van der Waals surface area contributed by atoms with Gasteiger partial charge < -0.3 is 0 Å². The third-order valence-corrected chi connectivity index (χ3v) is 0.334. The van der Waals surface area contributed by atoms with Gasteiger partial charge in [0.05, 0.1) is 0 Å². The quantitative estimate of drug-likeness (QED) is 0.294. The summed E-state index contributed by atoms with van der Waals surface area (Å²) in [5.41, 5.74) is 0. The van der Waals surface area contributed by atoms with Crippen LogP contribution in [0.4, 0.5) is 0 Å². The highest BCUT2D eigenvalue weighted by Crippen LogP contribution is 1.76. The molecular formula is C4H8N4. The maximum Gasteiger partial charge on any atom is 0.0262 e. The first kappa shape index (κ1) is 6.85. The van der Waals surface area contributed by atoms with Gasteiger partial charge in [-0.25, -0.2) is 0 Å². The number of hydrogen-bond acceptors (Lipinski definition) is 2. The molecule has 0 heterocycles. The van der Waals surface area contributed by atoms with Gasteiger partial charge in [-0.3, -0.25) is 5.01 Å². The number of nitrogens with zero attached hydrogens (tertiary/aromatic N) is 4. The molecule has 4 heteroatoms. The van der Waals surface area contributed by atoms with Gasteiger partial charge in [0.2, 0.25) is 0 Å². The van der Waals surface area contributed by atoms with Crippen LogP contribution in [-0.4, -0.2) is 25.0 Å². The molecule has 0 aromatic heterocycles. The van der Waals surface area contributed by atoms with Crippen molar-refractivity contribution in [2.75, 3.05) is 14.1 Å². The molecule has 0 aliphatic carbocycles. The van der Waals surface area contributed by atoms with E-state index in [9.17, 15) is 0 Å². The van der Waals surface area contributed by atoms with Crippen LogP contribution in [0, 0.1) is 0 Å². The lowest BCUT2D eigenvalue weighted by molar-refractivity contribution is 0.401. The molecule has 8 heavy (non-hydrogen) atoms. The molecule has 0 spiro atoms. The minimum Gasteiger partial charge on any atom is -0.283 e. The lowest BCUT2D eigenvalue weighted by Crippen LogP contribution is -1.98. The normalized spacial score (nSPS) is 8.75. The fraction of sp³-hybridized carbons (Fsp3) is 0.500. The van der Waals surface area contributed by atoms with Gasteiger partial charge in [-0.1, -0.05) is 10.3 Å². The Morgan fingerprint density at radius 1 is 1.50 bits per heavy atom. The largest absolute Gasteiger partial charge is 0.283 e. The van der Waals surface area contributed by atoms with Crippen molar-refractivity contribution in [2.45, 2.75) is 0 Å². The van der Waals surface area contributed by atoms with E-state index in [1.54, 1.807) is 14.1 Å². The number of hydrogen-bond donors (Lipinski definition) is 0. The Kier molecular flexibility index (Phi) is 3.44. The molecule has 0 bridgehead atoms. The fourth-order valence-electron chi connectivity index (χ4n) is 0.132. The van der Waals surface area contributed by atoms with Gasteiger partial charge in [-0.05, 0) is 11.8 Å². The minimum atomic E-state index is 1.53. The van der Waals surface area contributed by atoms with E-state index in [0.717, 1.165) is 0 Å². The first-order valence-corrected chi connectivity index (χ1v) is 2.07. The molecule has 0 fully saturated rings. The highest BCUT2D eigenvalue weighted by atomic mass is 15.6. The van der Waals surface area contributed by atoms with E-state index >= 15 is 0 Å². The zero-order chi connectivity index (χ0) is 6.41. The summed E-state index contributed by atoms with van der Waals surface area (Å²) in [5.74, 6) is 2.21. The summed E-state index contributed by atoms with van der Waals surface area (Å²) in [6.07, 6.45) is 0. The van der Waals surface area contributed by atoms with E-state index < -0.39 is 0 Å². The Bertz CT molecular complexity index is 120. The van der Waals surface area contributed by atoms with Crippen LogP contribution >= 0.6 is 0 Å². The van der Waals surface area contributed by atoms with E-state index in [0.29, 0.717) is 0 Å². The molecule has 0 aromatic rings. The van der Waals surface area contributed by atoms with Crippen molar-refractivity contribution in [1.82, 2.24) is 5.01 Å². The first-order chi connectivity index (χ1) is 3.77. The van der Waals surface area contributed by atoms with Gasteiger partial charge in [0.1, 0.15) is 0 Å². The summed E-state index contributed by atoms with van der Waals surface area (Å²) in [6, 6.07) is 0. The highest BCUT2D eigenvalue weighted by Gasteiger charge is 1.71. The van der Waals surface area contributed by atoms with Crippen molar-refractivity contribution in [3.8, 4) is 0 Å². The predicted molar refractivity (Wildman–Crippen MR) is 31.6 cm³/mol. The van der Waals surface area contributed by atoms with Crippen LogP contribution in [0.1, 0.15) is 0 Å². The van der Waals surface area contributed by atoms with Crippen LogP contribution in [0.5, 0.6) is 0 Å². The van der Waals surface area contributed by atoms with Gasteiger partial charge in [0, 0.05) is 20.0 Å². The second-order valence-corrected chi connectivity index (χ2v) is 1.28. The number of rotatable bonds is 2. The SMILES string of the molecule is C=C=N/N=N\N(C)C. The van der Waals surface area contributed by atoms with E-state index in [4.69, 9.17) is 0 Å². The Morgan fingerprint density at radius 2 is 2.12 bits per heavy atom. The average molecular weight is 112 g/mol. The van der Waals surface area contributed by atoms with Crippen molar-refractivity contribution >= 4 is 5.87 Å². The monoisotopic (exact) mass is 112 g/mol. The third-order valence-electron chi connectivity index (χ3n) is 0.334. The molecule has 0 aromatic carbocycles. The highest BCUT2D eigenvalue weighted by molar-refractivity contribution is 5.45. The van der Waals surface area contributed by atoms with E-state index in [-0.39, 0.29) is 0 Å². The van der Waals surface area contributed by atoms with Crippen LogP contribution in [0.2, 0.25) is 0 Å². The lowest BCUT2D eigenvalue weighted by Gasteiger charge is -1.95. The molecule has 0 atom stereocenters. The topological polar surface area (TPSA) is 40.3 Å². The molecule has 0 amide bonds. The van der Waals surface area contributed by atoms with E-state index in [1.165, 1.54) is 5.01 Å². The van der Waals surface area contributed by atoms with Crippen LogP contribution in [-0.2, 0) is 0 Å². The van der Waals surface area contributed by atoms with Crippen molar-refractivity contribution in [3.05, 3.63) is 6.58 Å². The molecule has 4 nitrogen and oxygen atoms in total. The summed E-state index contributed by atoms with van der Waals surface area (Å²) in [5, 5.41) is 11.6. The van der Waals surface area contributed by atoms with Crippen molar-refractivity contribution in [2.24, 2.45) is 15.5 Å². The van der Waals surface area contributed by atoms with Crippen LogP contribution < -0.4 is 0 Å². The van der Waals surface area contributed by atoms with Gasteiger partial charge in [0.15, 0.2) is 0 Å². The Labute approximate surface area is 48.2 Å². The van der Waals surface area contributed by atoms with E-state index in [1.807, 2.05) is 0 Å². The Hall–Kier alpha value is -1.15. The minimum absolute atomic E-state index is 1.53.